The van der Waals surface area contributed by atoms with Gasteiger partial charge in [-0.05, 0) is 48.7 Å². The second-order valence-electron chi connectivity index (χ2n) is 6.64. The van der Waals surface area contributed by atoms with E-state index in [4.69, 9.17) is 11.7 Å². The molecule has 10 heteroatoms. The number of nitrogens with zero attached hydrogens (tertiary/aromatic N) is 3. The molecule has 8 nitrogen and oxygen atoms in total. The molecule has 0 fully saturated rings. The summed E-state index contributed by atoms with van der Waals surface area (Å²) in [5, 5.41) is 2.83. The molecule has 0 aliphatic heterocycles. The number of carbonyl (C=O) groups excluding carboxylic acids is 1. The van der Waals surface area contributed by atoms with Crippen molar-refractivity contribution in [2.75, 3.05) is 9.42 Å². The zero-order valence-electron chi connectivity index (χ0n) is 16.6. The Labute approximate surface area is 179 Å². The Balaban J connectivity index is 1.83. The molecule has 4 N–H and O–H groups in total. The van der Waals surface area contributed by atoms with Crippen LogP contribution >= 0.6 is 11.3 Å². The van der Waals surface area contributed by atoms with Crippen LogP contribution in [0.2, 0.25) is 0 Å². The number of hydrogen-bond donors (Lipinski definition) is 2. The summed E-state index contributed by atoms with van der Waals surface area (Å²) >= 11 is 1.11. The quantitative estimate of drug-likeness (QED) is 0.327. The number of rotatable bonds is 7. The van der Waals surface area contributed by atoms with Crippen LogP contribution in [0, 0.1) is 6.92 Å². The van der Waals surface area contributed by atoms with Crippen molar-refractivity contribution in [3.05, 3.63) is 71.2 Å². The molecule has 1 heterocycles. The number of aryl methyl sites for hydroxylation is 1. The van der Waals surface area contributed by atoms with Gasteiger partial charge in [0.15, 0.2) is 0 Å². The summed E-state index contributed by atoms with van der Waals surface area (Å²) in [5.41, 5.74) is 2.31. The molecule has 0 bridgehead atoms. The molecule has 1 unspecified atom stereocenters. The van der Waals surface area contributed by atoms with Crippen molar-refractivity contribution in [2.45, 2.75) is 31.1 Å². The molecule has 3 aromatic rings. The highest BCUT2D eigenvalue weighted by atomic mass is 32.2. The van der Waals surface area contributed by atoms with Gasteiger partial charge in [-0.3, -0.25) is 4.79 Å². The van der Waals surface area contributed by atoms with Crippen LogP contribution in [0.15, 0.2) is 65.0 Å². The van der Waals surface area contributed by atoms with Gasteiger partial charge in [0.05, 0.1) is 16.5 Å². The lowest BCUT2D eigenvalue weighted by Crippen LogP contribution is -2.41. The number of nitrogens with two attached hydrogens (primary N) is 2. The van der Waals surface area contributed by atoms with Crippen molar-refractivity contribution < 1.29 is 13.2 Å². The SMILES string of the molecule is CCC(C(=O)N(N)c1ccc(S(=O)(=O)N(N)c2nccs2)cc1)c1ccccc1C. The highest BCUT2D eigenvalue weighted by molar-refractivity contribution is 7.93. The fourth-order valence-corrected chi connectivity index (χ4v) is 4.97. The van der Waals surface area contributed by atoms with E-state index in [0.29, 0.717) is 16.5 Å². The van der Waals surface area contributed by atoms with E-state index in [0.717, 1.165) is 27.5 Å². The van der Waals surface area contributed by atoms with Gasteiger partial charge < -0.3 is 0 Å². The molecule has 0 aliphatic carbocycles. The summed E-state index contributed by atoms with van der Waals surface area (Å²) in [6.07, 6.45) is 2.05. The van der Waals surface area contributed by atoms with Gasteiger partial charge in [0.25, 0.3) is 10.0 Å². The molecule has 0 spiro atoms. The van der Waals surface area contributed by atoms with Crippen LogP contribution < -0.4 is 21.1 Å². The lowest BCUT2D eigenvalue weighted by atomic mass is 9.91. The first-order valence-corrected chi connectivity index (χ1v) is 11.5. The third-order valence-electron chi connectivity index (χ3n) is 4.79. The summed E-state index contributed by atoms with van der Waals surface area (Å²) in [5.74, 6) is 11.2. The summed E-state index contributed by atoms with van der Waals surface area (Å²) in [6.45, 7) is 3.87. The van der Waals surface area contributed by atoms with Crippen LogP contribution in [0.3, 0.4) is 0 Å². The van der Waals surface area contributed by atoms with Crippen LogP contribution in [0.1, 0.15) is 30.4 Å². The van der Waals surface area contributed by atoms with Crippen molar-refractivity contribution in [2.24, 2.45) is 11.7 Å². The van der Waals surface area contributed by atoms with Crippen LogP contribution in [0.4, 0.5) is 10.8 Å². The molecule has 1 aromatic heterocycles. The summed E-state index contributed by atoms with van der Waals surface area (Å²) in [6, 6.07) is 13.4. The van der Waals surface area contributed by atoms with Gasteiger partial charge in [-0.25, -0.2) is 21.7 Å². The zero-order chi connectivity index (χ0) is 21.9. The van der Waals surface area contributed by atoms with Gasteiger partial charge in [-0.2, -0.15) is 12.8 Å². The number of hydrogen-bond acceptors (Lipinski definition) is 7. The zero-order valence-corrected chi connectivity index (χ0v) is 18.2. The van der Waals surface area contributed by atoms with E-state index in [1.165, 1.54) is 30.5 Å². The molecular formula is C20H23N5O3S2. The average Bonchev–Trinajstić information content (AvgIpc) is 3.29. The third kappa shape index (κ3) is 4.21. The van der Waals surface area contributed by atoms with Gasteiger partial charge in [-0.1, -0.05) is 31.2 Å². The predicted molar refractivity (Wildman–Crippen MR) is 118 cm³/mol. The minimum Gasteiger partial charge on any atom is -0.272 e. The van der Waals surface area contributed by atoms with Crippen LogP contribution in [-0.2, 0) is 14.8 Å². The van der Waals surface area contributed by atoms with Crippen LogP contribution in [0.5, 0.6) is 0 Å². The Morgan fingerprint density at radius 2 is 1.80 bits per heavy atom. The molecule has 0 saturated heterocycles. The first kappa shape index (κ1) is 21.9. The third-order valence-corrected chi connectivity index (χ3v) is 7.23. The van der Waals surface area contributed by atoms with Crippen molar-refractivity contribution in [1.82, 2.24) is 4.98 Å². The standard InChI is InChI=1S/C20H23N5O3S2/c1-3-17(18-7-5-4-6-14(18)2)19(26)24(21)15-8-10-16(11-9-15)30(27,28)25(22)20-23-12-13-29-20/h4-13,17H,3,21-22H2,1-2H3. The second kappa shape index (κ2) is 8.92. The molecule has 30 heavy (non-hydrogen) atoms. The Morgan fingerprint density at radius 1 is 1.13 bits per heavy atom. The Hall–Kier alpha value is -2.79. The van der Waals surface area contributed by atoms with E-state index < -0.39 is 15.9 Å². The highest BCUT2D eigenvalue weighted by Gasteiger charge is 2.27. The normalized spacial score (nSPS) is 12.4. The average molecular weight is 446 g/mol. The number of hydrazine groups is 2. The van der Waals surface area contributed by atoms with E-state index >= 15 is 0 Å². The predicted octanol–water partition coefficient (Wildman–Crippen LogP) is 2.92. The number of thiazole rings is 1. The highest BCUT2D eigenvalue weighted by Crippen LogP contribution is 2.28. The topological polar surface area (TPSA) is 123 Å². The van der Waals surface area contributed by atoms with Crippen molar-refractivity contribution >= 4 is 38.1 Å². The van der Waals surface area contributed by atoms with E-state index in [1.54, 1.807) is 5.38 Å². The van der Waals surface area contributed by atoms with E-state index in [1.807, 2.05) is 38.1 Å². The minimum absolute atomic E-state index is 0.0317. The lowest BCUT2D eigenvalue weighted by molar-refractivity contribution is -0.120. The summed E-state index contributed by atoms with van der Waals surface area (Å²) in [4.78, 5) is 16.9. The van der Waals surface area contributed by atoms with Crippen LogP contribution in [0.25, 0.3) is 0 Å². The number of anilines is 2. The summed E-state index contributed by atoms with van der Waals surface area (Å²) < 4.78 is 26.0. The molecule has 0 saturated carbocycles. The molecule has 3 rings (SSSR count). The van der Waals surface area contributed by atoms with Gasteiger partial charge in [0, 0.05) is 11.6 Å². The molecule has 0 radical (unpaired) electrons. The van der Waals surface area contributed by atoms with Gasteiger partial charge in [-0.15, -0.1) is 11.3 Å². The first-order valence-electron chi connectivity index (χ1n) is 9.21. The number of benzene rings is 2. The molecule has 158 valence electrons. The maximum absolute atomic E-state index is 13.0. The maximum Gasteiger partial charge on any atom is 0.279 e. The lowest BCUT2D eigenvalue weighted by Gasteiger charge is -2.24. The van der Waals surface area contributed by atoms with Crippen LogP contribution in [-0.4, -0.2) is 19.3 Å². The molecule has 2 aromatic carbocycles. The number of amides is 1. The van der Waals surface area contributed by atoms with Crippen molar-refractivity contribution in [1.29, 1.82) is 0 Å². The Bertz CT molecular complexity index is 1120. The molecule has 1 atom stereocenters. The van der Waals surface area contributed by atoms with Crippen molar-refractivity contribution in [3.63, 3.8) is 0 Å². The fourth-order valence-electron chi connectivity index (χ4n) is 3.12. The Kier molecular flexibility index (Phi) is 6.52. The molecule has 1 amide bonds. The molecule has 0 aliphatic rings. The van der Waals surface area contributed by atoms with Gasteiger partial charge >= 0.3 is 0 Å². The smallest absolute Gasteiger partial charge is 0.272 e. The largest absolute Gasteiger partial charge is 0.279 e. The van der Waals surface area contributed by atoms with E-state index in [-0.39, 0.29) is 15.9 Å². The fraction of sp³-hybridized carbons (Fsp3) is 0.200. The Morgan fingerprint density at radius 3 is 2.37 bits per heavy atom. The number of carbonyl (C=O) groups is 1. The molecular weight excluding hydrogens is 422 g/mol. The van der Waals surface area contributed by atoms with E-state index in [9.17, 15) is 13.2 Å². The first-order chi connectivity index (χ1) is 14.3. The number of aromatic nitrogens is 1. The van der Waals surface area contributed by atoms with Crippen molar-refractivity contribution in [3.8, 4) is 0 Å². The summed E-state index contributed by atoms with van der Waals surface area (Å²) in [7, 11) is -3.98. The maximum atomic E-state index is 13.0. The van der Waals surface area contributed by atoms with Gasteiger partial charge in [0.2, 0.25) is 11.0 Å². The minimum atomic E-state index is -3.98. The monoisotopic (exact) mass is 445 g/mol. The second-order valence-corrected chi connectivity index (χ2v) is 9.32. The van der Waals surface area contributed by atoms with E-state index in [2.05, 4.69) is 4.98 Å². The van der Waals surface area contributed by atoms with Gasteiger partial charge in [0.1, 0.15) is 0 Å². The number of sulfonamides is 1.